The van der Waals surface area contributed by atoms with E-state index < -0.39 is 32.0 Å². The van der Waals surface area contributed by atoms with E-state index in [2.05, 4.69) is 15.5 Å². The lowest BCUT2D eigenvalue weighted by atomic mass is 10.2. The van der Waals surface area contributed by atoms with Gasteiger partial charge in [0.05, 0.1) is 16.0 Å². The molecule has 10 nitrogen and oxygen atoms in total. The lowest BCUT2D eigenvalue weighted by Gasteiger charge is -2.38. The Morgan fingerprint density at radius 1 is 0.857 bits per heavy atom. The van der Waals surface area contributed by atoms with Crippen LogP contribution in [0.1, 0.15) is 5.56 Å². The van der Waals surface area contributed by atoms with Crippen LogP contribution in [-0.4, -0.2) is 68.2 Å². The number of hydrazone groups is 1. The molecule has 1 atom stereocenters. The molecule has 35 heavy (non-hydrogen) atoms. The van der Waals surface area contributed by atoms with Crippen LogP contribution >= 0.6 is 0 Å². The average molecular weight is 514 g/mol. The molecule has 1 aromatic heterocycles. The lowest BCUT2D eigenvalue weighted by Crippen LogP contribution is -2.60. The number of carbonyl (C=O) groups is 1. The molecule has 4 rings (SSSR count). The van der Waals surface area contributed by atoms with Gasteiger partial charge in [0.1, 0.15) is 6.04 Å². The summed E-state index contributed by atoms with van der Waals surface area (Å²) in [5, 5.41) is 3.91. The summed E-state index contributed by atoms with van der Waals surface area (Å²) in [5.41, 5.74) is 3.02. The second kappa shape index (κ2) is 10.4. The molecule has 0 radical (unpaired) electrons. The third-order valence-electron chi connectivity index (χ3n) is 5.42. The first-order chi connectivity index (χ1) is 16.8. The molecular weight excluding hydrogens is 490 g/mol. The smallest absolute Gasteiger partial charge is 0.259 e. The van der Waals surface area contributed by atoms with E-state index in [1.807, 2.05) is 0 Å². The highest BCUT2D eigenvalue weighted by Gasteiger charge is 2.43. The first kappa shape index (κ1) is 24.7. The highest BCUT2D eigenvalue weighted by Crippen LogP contribution is 2.25. The molecule has 1 N–H and O–H groups in total. The monoisotopic (exact) mass is 513 g/mol. The fourth-order valence-electron chi connectivity index (χ4n) is 3.62. The SMILES string of the molecule is O=C(N/N=C\c1ccncc1)[C@@H]1CN(S(=O)(=O)c2ccccc2)CCN1S(=O)(=O)c1ccccc1. The van der Waals surface area contributed by atoms with Gasteiger partial charge < -0.3 is 0 Å². The first-order valence-electron chi connectivity index (χ1n) is 10.7. The number of carbonyl (C=O) groups excluding carboxylic acids is 1. The minimum atomic E-state index is -4.08. The van der Waals surface area contributed by atoms with Crippen LogP contribution in [0.15, 0.2) is 100 Å². The second-order valence-electron chi connectivity index (χ2n) is 7.64. The zero-order chi connectivity index (χ0) is 24.9. The molecule has 0 aliphatic carbocycles. The summed E-state index contributed by atoms with van der Waals surface area (Å²) in [7, 11) is -8.02. The minimum absolute atomic E-state index is 0.0115. The Morgan fingerprint density at radius 3 is 2.03 bits per heavy atom. The fourth-order valence-corrected chi connectivity index (χ4v) is 6.67. The van der Waals surface area contributed by atoms with Crippen LogP contribution in [-0.2, 0) is 24.8 Å². The van der Waals surface area contributed by atoms with E-state index in [1.165, 1.54) is 30.5 Å². The van der Waals surface area contributed by atoms with Gasteiger partial charge in [-0.15, -0.1) is 0 Å². The summed E-state index contributed by atoms with van der Waals surface area (Å²) in [6, 6.07) is 17.5. The Balaban J connectivity index is 1.63. The number of hydrogen-bond donors (Lipinski definition) is 1. The van der Waals surface area contributed by atoms with E-state index in [0.29, 0.717) is 5.56 Å². The zero-order valence-electron chi connectivity index (χ0n) is 18.5. The molecule has 0 bridgehead atoms. The van der Waals surface area contributed by atoms with E-state index in [4.69, 9.17) is 0 Å². The lowest BCUT2D eigenvalue weighted by molar-refractivity contribution is -0.125. The van der Waals surface area contributed by atoms with Gasteiger partial charge in [-0.1, -0.05) is 36.4 Å². The summed E-state index contributed by atoms with van der Waals surface area (Å²) in [6.07, 6.45) is 4.51. The Hall–Kier alpha value is -3.45. The van der Waals surface area contributed by atoms with Crippen LogP contribution in [0.4, 0.5) is 0 Å². The second-order valence-corrected chi connectivity index (χ2v) is 11.5. The van der Waals surface area contributed by atoms with Gasteiger partial charge in [-0.25, -0.2) is 22.3 Å². The highest BCUT2D eigenvalue weighted by molar-refractivity contribution is 7.89. The van der Waals surface area contributed by atoms with Crippen molar-refractivity contribution in [1.82, 2.24) is 19.0 Å². The third-order valence-corrected chi connectivity index (χ3v) is 9.22. The van der Waals surface area contributed by atoms with Crippen molar-refractivity contribution < 1.29 is 21.6 Å². The fraction of sp³-hybridized carbons (Fsp3) is 0.174. The Kier molecular flexibility index (Phi) is 7.36. The Morgan fingerprint density at radius 2 is 1.43 bits per heavy atom. The molecule has 12 heteroatoms. The summed E-state index contributed by atoms with van der Waals surface area (Å²) < 4.78 is 55.2. The van der Waals surface area contributed by atoms with Crippen molar-refractivity contribution >= 4 is 32.2 Å². The third kappa shape index (κ3) is 5.46. The highest BCUT2D eigenvalue weighted by atomic mass is 32.2. The van der Waals surface area contributed by atoms with Crippen molar-refractivity contribution in [3.8, 4) is 0 Å². The van der Waals surface area contributed by atoms with Crippen LogP contribution < -0.4 is 5.43 Å². The van der Waals surface area contributed by atoms with Crippen LogP contribution in [0.3, 0.4) is 0 Å². The Labute approximate surface area is 204 Å². The van der Waals surface area contributed by atoms with Gasteiger partial charge >= 0.3 is 0 Å². The molecule has 0 spiro atoms. The molecule has 1 aliphatic rings. The van der Waals surface area contributed by atoms with Gasteiger partial charge in [-0.2, -0.15) is 13.7 Å². The van der Waals surface area contributed by atoms with Crippen molar-refractivity contribution in [1.29, 1.82) is 0 Å². The molecule has 1 saturated heterocycles. The molecular formula is C23H23N5O5S2. The van der Waals surface area contributed by atoms with E-state index >= 15 is 0 Å². The number of piperazine rings is 1. The molecule has 1 amide bonds. The minimum Gasteiger partial charge on any atom is -0.271 e. The van der Waals surface area contributed by atoms with Crippen LogP contribution in [0.5, 0.6) is 0 Å². The number of pyridine rings is 1. The molecule has 0 saturated carbocycles. The van der Waals surface area contributed by atoms with Gasteiger partial charge in [-0.3, -0.25) is 9.78 Å². The summed E-state index contributed by atoms with van der Waals surface area (Å²) in [6.45, 7) is -0.664. The number of nitrogens with one attached hydrogen (secondary N) is 1. The summed E-state index contributed by atoms with van der Waals surface area (Å²) in [5.74, 6) is -0.747. The number of aromatic nitrogens is 1. The quantitative estimate of drug-likeness (QED) is 0.375. The largest absolute Gasteiger partial charge is 0.271 e. The van der Waals surface area contributed by atoms with Crippen molar-refractivity contribution in [3.63, 3.8) is 0 Å². The maximum absolute atomic E-state index is 13.4. The number of sulfonamides is 2. The molecule has 182 valence electrons. The van der Waals surface area contributed by atoms with E-state index in [1.54, 1.807) is 60.9 Å². The Bertz CT molecular complexity index is 1400. The predicted molar refractivity (Wildman–Crippen MR) is 129 cm³/mol. The van der Waals surface area contributed by atoms with Crippen LogP contribution in [0.2, 0.25) is 0 Å². The molecule has 1 fully saturated rings. The van der Waals surface area contributed by atoms with Gasteiger partial charge in [0, 0.05) is 32.0 Å². The number of amides is 1. The van der Waals surface area contributed by atoms with Crippen LogP contribution in [0.25, 0.3) is 0 Å². The topological polar surface area (TPSA) is 129 Å². The number of rotatable bonds is 7. The standard InChI is InChI=1S/C23H23N5O5S2/c29-23(26-25-17-19-11-13-24-14-12-19)22-18-27(34(30,31)20-7-3-1-4-8-20)15-16-28(22)35(32,33)21-9-5-2-6-10-21/h1-14,17,22H,15-16,18H2,(H,26,29)/b25-17-/t22-/m0/s1. The van der Waals surface area contributed by atoms with E-state index in [-0.39, 0.29) is 29.4 Å². The van der Waals surface area contributed by atoms with Gasteiger partial charge in [-0.05, 0) is 42.0 Å². The number of benzene rings is 2. The van der Waals surface area contributed by atoms with Crippen LogP contribution in [0, 0.1) is 0 Å². The maximum atomic E-state index is 13.4. The predicted octanol–water partition coefficient (Wildman–Crippen LogP) is 1.30. The average Bonchev–Trinajstić information content (AvgIpc) is 2.90. The normalized spacial score (nSPS) is 17.9. The van der Waals surface area contributed by atoms with Gasteiger partial charge in [0.25, 0.3) is 5.91 Å². The van der Waals surface area contributed by atoms with E-state index in [0.717, 1.165) is 8.61 Å². The molecule has 3 aromatic rings. The van der Waals surface area contributed by atoms with Crippen molar-refractivity contribution in [2.75, 3.05) is 19.6 Å². The number of hydrogen-bond acceptors (Lipinski definition) is 7. The van der Waals surface area contributed by atoms with Gasteiger partial charge in [0.15, 0.2) is 0 Å². The molecule has 2 aromatic carbocycles. The van der Waals surface area contributed by atoms with Crippen molar-refractivity contribution in [3.05, 3.63) is 90.8 Å². The first-order valence-corrected chi connectivity index (χ1v) is 13.5. The van der Waals surface area contributed by atoms with Crippen molar-refractivity contribution in [2.24, 2.45) is 5.10 Å². The molecule has 1 aliphatic heterocycles. The van der Waals surface area contributed by atoms with E-state index in [9.17, 15) is 21.6 Å². The summed E-state index contributed by atoms with van der Waals surface area (Å²) in [4.78, 5) is 17.1. The van der Waals surface area contributed by atoms with Crippen molar-refractivity contribution in [2.45, 2.75) is 15.8 Å². The summed E-state index contributed by atoms with van der Waals surface area (Å²) >= 11 is 0. The van der Waals surface area contributed by atoms with Gasteiger partial charge in [0.2, 0.25) is 20.0 Å². The zero-order valence-corrected chi connectivity index (χ0v) is 20.1. The molecule has 0 unspecified atom stereocenters. The maximum Gasteiger partial charge on any atom is 0.259 e. The number of nitrogens with zero attached hydrogens (tertiary/aromatic N) is 4. The molecule has 2 heterocycles.